The summed E-state index contributed by atoms with van der Waals surface area (Å²) in [5.41, 5.74) is 0.814. The summed E-state index contributed by atoms with van der Waals surface area (Å²) in [6.45, 7) is -0.249. The fourth-order valence-corrected chi connectivity index (χ4v) is 1.81. The number of rotatable bonds is 5. The van der Waals surface area contributed by atoms with E-state index in [9.17, 15) is 14.4 Å². The van der Waals surface area contributed by atoms with Crippen molar-refractivity contribution in [1.82, 2.24) is 10.3 Å². The van der Waals surface area contributed by atoms with E-state index >= 15 is 0 Å². The predicted molar refractivity (Wildman–Crippen MR) is 86.0 cm³/mol. The van der Waals surface area contributed by atoms with Gasteiger partial charge in [0.2, 0.25) is 0 Å². The molecule has 0 fully saturated rings. The molecule has 8 nitrogen and oxygen atoms in total. The maximum Gasteiger partial charge on any atom is 0.325 e. The summed E-state index contributed by atoms with van der Waals surface area (Å²) in [4.78, 5) is 39.0. The second-order valence-corrected chi connectivity index (χ2v) is 4.70. The molecule has 0 bridgehead atoms. The van der Waals surface area contributed by atoms with Gasteiger partial charge in [0.15, 0.2) is 0 Å². The summed E-state index contributed by atoms with van der Waals surface area (Å²) < 4.78 is 4.42. The molecular weight excluding hydrogens is 312 g/mol. The number of hydrazine groups is 1. The molecule has 2 amide bonds. The number of hydrogen-bond acceptors (Lipinski definition) is 6. The monoisotopic (exact) mass is 328 g/mol. The van der Waals surface area contributed by atoms with E-state index in [-0.39, 0.29) is 17.8 Å². The van der Waals surface area contributed by atoms with Crippen molar-refractivity contribution in [3.05, 3.63) is 59.9 Å². The second kappa shape index (κ2) is 7.84. The van der Waals surface area contributed by atoms with Crippen LogP contribution < -0.4 is 16.2 Å². The smallest absolute Gasteiger partial charge is 0.325 e. The van der Waals surface area contributed by atoms with Crippen LogP contribution in [0.2, 0.25) is 0 Å². The summed E-state index contributed by atoms with van der Waals surface area (Å²) in [6, 6.07) is 11.5. The lowest BCUT2D eigenvalue weighted by Gasteiger charge is -2.16. The van der Waals surface area contributed by atoms with Crippen molar-refractivity contribution in [3.8, 4) is 0 Å². The van der Waals surface area contributed by atoms with E-state index in [0.717, 1.165) is 5.01 Å². The average molecular weight is 328 g/mol. The van der Waals surface area contributed by atoms with E-state index in [0.29, 0.717) is 5.69 Å². The number of amides is 2. The van der Waals surface area contributed by atoms with Gasteiger partial charge in [-0.2, -0.15) is 0 Å². The first kappa shape index (κ1) is 17.1. The minimum atomic E-state index is -0.565. The number of aromatic nitrogens is 1. The molecule has 0 aliphatic rings. The maximum atomic E-state index is 12.3. The van der Waals surface area contributed by atoms with Gasteiger partial charge < -0.3 is 10.1 Å². The van der Waals surface area contributed by atoms with Crippen LogP contribution in [0.5, 0.6) is 0 Å². The Kier molecular flexibility index (Phi) is 5.58. The van der Waals surface area contributed by atoms with Crippen molar-refractivity contribution in [1.29, 1.82) is 0 Å². The van der Waals surface area contributed by atoms with Gasteiger partial charge in [0.25, 0.3) is 11.8 Å². The van der Waals surface area contributed by atoms with E-state index in [4.69, 9.17) is 5.84 Å². The maximum absolute atomic E-state index is 12.3. The van der Waals surface area contributed by atoms with E-state index < -0.39 is 17.8 Å². The van der Waals surface area contributed by atoms with Gasteiger partial charge in [0.05, 0.1) is 18.4 Å². The van der Waals surface area contributed by atoms with Crippen LogP contribution in [-0.2, 0) is 9.53 Å². The summed E-state index contributed by atoms with van der Waals surface area (Å²) in [5.74, 6) is 4.20. The number of para-hydroxylation sites is 1. The Morgan fingerprint density at radius 1 is 1.17 bits per heavy atom. The SMILES string of the molecule is COC(=O)CNC(=O)c1ccc(C(=O)N(N)c2ccccc2)nc1. The molecule has 3 N–H and O–H groups in total. The minimum absolute atomic E-state index is 0.0888. The number of nitrogens with one attached hydrogen (secondary N) is 1. The predicted octanol–water partition coefficient (Wildman–Crippen LogP) is 0.505. The van der Waals surface area contributed by atoms with Crippen LogP contribution >= 0.6 is 0 Å². The van der Waals surface area contributed by atoms with E-state index in [2.05, 4.69) is 15.0 Å². The third kappa shape index (κ3) is 4.14. The zero-order valence-corrected chi connectivity index (χ0v) is 12.9. The zero-order chi connectivity index (χ0) is 17.5. The minimum Gasteiger partial charge on any atom is -0.468 e. The Labute approximate surface area is 138 Å². The first-order valence-electron chi connectivity index (χ1n) is 6.98. The number of pyridine rings is 1. The fraction of sp³-hybridized carbons (Fsp3) is 0.125. The third-order valence-corrected chi connectivity index (χ3v) is 3.12. The van der Waals surface area contributed by atoms with Crippen LogP contribution in [0.15, 0.2) is 48.7 Å². The molecule has 0 unspecified atom stereocenters. The molecule has 0 radical (unpaired) electrons. The molecule has 1 aromatic heterocycles. The Balaban J connectivity index is 2.04. The molecule has 2 aromatic rings. The van der Waals surface area contributed by atoms with E-state index in [1.165, 1.54) is 25.4 Å². The van der Waals surface area contributed by atoms with Crippen LogP contribution in [-0.4, -0.2) is 36.4 Å². The highest BCUT2D eigenvalue weighted by Gasteiger charge is 2.16. The molecule has 1 heterocycles. The lowest BCUT2D eigenvalue weighted by atomic mass is 10.2. The number of carbonyl (C=O) groups excluding carboxylic acids is 3. The lowest BCUT2D eigenvalue weighted by molar-refractivity contribution is -0.139. The van der Waals surface area contributed by atoms with Gasteiger partial charge >= 0.3 is 5.97 Å². The highest BCUT2D eigenvalue weighted by molar-refractivity contribution is 6.04. The zero-order valence-electron chi connectivity index (χ0n) is 12.9. The van der Waals surface area contributed by atoms with Crippen LogP contribution in [0.25, 0.3) is 0 Å². The lowest BCUT2D eigenvalue weighted by Crippen LogP contribution is -2.38. The average Bonchev–Trinajstić information content (AvgIpc) is 2.65. The largest absolute Gasteiger partial charge is 0.468 e. The van der Waals surface area contributed by atoms with Gasteiger partial charge in [-0.25, -0.2) is 10.9 Å². The van der Waals surface area contributed by atoms with Crippen molar-refractivity contribution in [3.63, 3.8) is 0 Å². The molecule has 0 spiro atoms. The van der Waals surface area contributed by atoms with Crippen molar-refractivity contribution >= 4 is 23.5 Å². The first-order chi connectivity index (χ1) is 11.5. The highest BCUT2D eigenvalue weighted by Crippen LogP contribution is 2.12. The normalized spacial score (nSPS) is 9.92. The number of carbonyl (C=O) groups is 3. The number of nitrogens with two attached hydrogens (primary N) is 1. The standard InChI is InChI=1S/C16H16N4O4/c1-24-14(21)10-19-15(22)11-7-8-13(18-9-11)16(23)20(17)12-5-3-2-4-6-12/h2-9H,10,17H2,1H3,(H,19,22). The summed E-state index contributed by atoms with van der Waals surface area (Å²) in [5, 5.41) is 3.34. The summed E-state index contributed by atoms with van der Waals surface area (Å²) in [6.07, 6.45) is 1.23. The number of benzene rings is 1. The van der Waals surface area contributed by atoms with Gasteiger partial charge in [-0.05, 0) is 24.3 Å². The van der Waals surface area contributed by atoms with Gasteiger partial charge in [0.1, 0.15) is 12.2 Å². The first-order valence-corrected chi connectivity index (χ1v) is 6.98. The number of methoxy groups -OCH3 is 1. The number of hydrogen-bond donors (Lipinski definition) is 2. The summed E-state index contributed by atoms with van der Waals surface area (Å²) in [7, 11) is 1.22. The van der Waals surface area contributed by atoms with Crippen molar-refractivity contribution < 1.29 is 19.1 Å². The topological polar surface area (TPSA) is 115 Å². The fourth-order valence-electron chi connectivity index (χ4n) is 1.81. The summed E-state index contributed by atoms with van der Waals surface area (Å²) >= 11 is 0. The third-order valence-electron chi connectivity index (χ3n) is 3.12. The van der Waals surface area contributed by atoms with Crippen LogP contribution in [0, 0.1) is 0 Å². The number of anilines is 1. The Bertz CT molecular complexity index is 732. The molecule has 0 atom stereocenters. The Morgan fingerprint density at radius 2 is 1.88 bits per heavy atom. The number of nitrogens with zero attached hydrogens (tertiary/aromatic N) is 2. The number of ether oxygens (including phenoxy) is 1. The Hall–Kier alpha value is -3.26. The Morgan fingerprint density at radius 3 is 2.46 bits per heavy atom. The molecule has 0 aliphatic carbocycles. The van der Waals surface area contributed by atoms with Crippen LogP contribution in [0.1, 0.15) is 20.8 Å². The van der Waals surface area contributed by atoms with E-state index in [1.807, 2.05) is 6.07 Å². The molecule has 0 aliphatic heterocycles. The van der Waals surface area contributed by atoms with Crippen molar-refractivity contribution in [2.45, 2.75) is 0 Å². The quantitative estimate of drug-likeness (QED) is 0.357. The molecule has 124 valence electrons. The molecule has 1 aromatic carbocycles. The number of esters is 1. The molecule has 2 rings (SSSR count). The molecule has 0 saturated heterocycles. The van der Waals surface area contributed by atoms with Gasteiger partial charge in [-0.1, -0.05) is 18.2 Å². The molecule has 8 heteroatoms. The molecular formula is C16H16N4O4. The van der Waals surface area contributed by atoms with Gasteiger partial charge in [0, 0.05) is 6.20 Å². The van der Waals surface area contributed by atoms with Crippen LogP contribution in [0.4, 0.5) is 5.69 Å². The highest BCUT2D eigenvalue weighted by atomic mass is 16.5. The second-order valence-electron chi connectivity index (χ2n) is 4.70. The van der Waals surface area contributed by atoms with Gasteiger partial charge in [-0.15, -0.1) is 0 Å². The van der Waals surface area contributed by atoms with Crippen molar-refractivity contribution in [2.75, 3.05) is 18.7 Å². The molecule has 24 heavy (non-hydrogen) atoms. The molecule has 0 saturated carbocycles. The van der Waals surface area contributed by atoms with Crippen molar-refractivity contribution in [2.24, 2.45) is 5.84 Å². The van der Waals surface area contributed by atoms with Crippen LogP contribution in [0.3, 0.4) is 0 Å². The van der Waals surface area contributed by atoms with E-state index in [1.54, 1.807) is 24.3 Å². The van der Waals surface area contributed by atoms with Gasteiger partial charge in [-0.3, -0.25) is 19.4 Å².